The summed E-state index contributed by atoms with van der Waals surface area (Å²) in [6.45, 7) is 2.00. The molecule has 2 aromatic rings. The normalized spacial score (nSPS) is 14.1. The standard InChI is InChI=1S/C14H14BrClN2S/c1-9(17)13(10-4-2-5-11(16)8-10)19-14-12(15)6-3-7-18-14/h2-9,13H,17H2,1H3. The number of rotatable bonds is 4. The van der Waals surface area contributed by atoms with Crippen LogP contribution < -0.4 is 5.73 Å². The second-order valence-electron chi connectivity index (χ2n) is 4.24. The largest absolute Gasteiger partial charge is 0.327 e. The number of hydrogen-bond acceptors (Lipinski definition) is 3. The van der Waals surface area contributed by atoms with Gasteiger partial charge in [0.15, 0.2) is 0 Å². The van der Waals surface area contributed by atoms with Crippen LogP contribution in [0.2, 0.25) is 5.02 Å². The van der Waals surface area contributed by atoms with Crippen LogP contribution in [0.5, 0.6) is 0 Å². The lowest BCUT2D eigenvalue weighted by Crippen LogP contribution is -2.22. The summed E-state index contributed by atoms with van der Waals surface area (Å²) in [4.78, 5) is 4.38. The van der Waals surface area contributed by atoms with E-state index in [2.05, 4.69) is 20.9 Å². The van der Waals surface area contributed by atoms with E-state index in [9.17, 15) is 0 Å². The Hall–Kier alpha value is -0.550. The molecular weight excluding hydrogens is 344 g/mol. The highest BCUT2D eigenvalue weighted by molar-refractivity contribution is 9.10. The van der Waals surface area contributed by atoms with Crippen LogP contribution in [0.1, 0.15) is 17.7 Å². The van der Waals surface area contributed by atoms with Gasteiger partial charge in [0.05, 0.1) is 5.25 Å². The smallest absolute Gasteiger partial charge is 0.111 e. The highest BCUT2D eigenvalue weighted by Crippen LogP contribution is 2.39. The molecule has 1 aromatic carbocycles. The molecule has 0 saturated heterocycles. The number of pyridine rings is 1. The molecule has 0 radical (unpaired) electrons. The first-order valence-electron chi connectivity index (χ1n) is 5.86. The van der Waals surface area contributed by atoms with E-state index in [0.29, 0.717) is 0 Å². The number of aromatic nitrogens is 1. The van der Waals surface area contributed by atoms with Gasteiger partial charge in [0.1, 0.15) is 5.03 Å². The van der Waals surface area contributed by atoms with Crippen molar-refractivity contribution in [3.63, 3.8) is 0 Å². The van der Waals surface area contributed by atoms with Crippen molar-refractivity contribution in [3.05, 3.63) is 57.7 Å². The molecule has 0 spiro atoms. The molecule has 1 aromatic heterocycles. The first-order valence-corrected chi connectivity index (χ1v) is 7.91. The van der Waals surface area contributed by atoms with Crippen molar-refractivity contribution in [3.8, 4) is 0 Å². The zero-order chi connectivity index (χ0) is 13.8. The molecule has 0 saturated carbocycles. The van der Waals surface area contributed by atoms with E-state index in [1.54, 1.807) is 18.0 Å². The number of hydrogen-bond donors (Lipinski definition) is 1. The molecule has 2 rings (SSSR count). The van der Waals surface area contributed by atoms with Gasteiger partial charge >= 0.3 is 0 Å². The second-order valence-corrected chi connectivity index (χ2v) is 6.66. The summed E-state index contributed by atoms with van der Waals surface area (Å²) < 4.78 is 0.979. The van der Waals surface area contributed by atoms with E-state index >= 15 is 0 Å². The second kappa shape index (κ2) is 6.75. The van der Waals surface area contributed by atoms with Crippen LogP contribution in [0, 0.1) is 0 Å². The average molecular weight is 358 g/mol. The fourth-order valence-electron chi connectivity index (χ4n) is 1.74. The van der Waals surface area contributed by atoms with Crippen LogP contribution in [-0.4, -0.2) is 11.0 Å². The molecule has 2 atom stereocenters. The molecule has 0 aliphatic carbocycles. The summed E-state index contributed by atoms with van der Waals surface area (Å²) in [5, 5.41) is 1.78. The summed E-state index contributed by atoms with van der Waals surface area (Å²) in [5.74, 6) is 0. The summed E-state index contributed by atoms with van der Waals surface area (Å²) in [6.07, 6.45) is 1.78. The molecule has 2 N–H and O–H groups in total. The van der Waals surface area contributed by atoms with Gasteiger partial charge < -0.3 is 5.73 Å². The maximum atomic E-state index is 6.11. The molecule has 0 amide bonds. The minimum Gasteiger partial charge on any atom is -0.327 e. The fraction of sp³-hybridized carbons (Fsp3) is 0.214. The Morgan fingerprint density at radius 1 is 1.32 bits per heavy atom. The lowest BCUT2D eigenvalue weighted by Gasteiger charge is -2.21. The molecule has 100 valence electrons. The predicted molar refractivity (Wildman–Crippen MR) is 85.6 cm³/mol. The van der Waals surface area contributed by atoms with Crippen LogP contribution >= 0.6 is 39.3 Å². The number of thioether (sulfide) groups is 1. The highest BCUT2D eigenvalue weighted by Gasteiger charge is 2.19. The van der Waals surface area contributed by atoms with Crippen LogP contribution in [-0.2, 0) is 0 Å². The summed E-state index contributed by atoms with van der Waals surface area (Å²) in [7, 11) is 0. The SMILES string of the molecule is CC(N)C(Sc1ncccc1Br)c1cccc(Cl)c1. The molecule has 19 heavy (non-hydrogen) atoms. The fourth-order valence-corrected chi connectivity index (χ4v) is 3.51. The van der Waals surface area contributed by atoms with Crippen LogP contribution in [0.25, 0.3) is 0 Å². The van der Waals surface area contributed by atoms with Crippen molar-refractivity contribution >= 4 is 39.3 Å². The van der Waals surface area contributed by atoms with Gasteiger partial charge in [0.25, 0.3) is 0 Å². The first-order chi connectivity index (χ1) is 9.08. The zero-order valence-electron chi connectivity index (χ0n) is 10.4. The van der Waals surface area contributed by atoms with Gasteiger partial charge in [0.2, 0.25) is 0 Å². The van der Waals surface area contributed by atoms with E-state index < -0.39 is 0 Å². The van der Waals surface area contributed by atoms with E-state index in [4.69, 9.17) is 17.3 Å². The van der Waals surface area contributed by atoms with Gasteiger partial charge in [0, 0.05) is 21.7 Å². The van der Waals surface area contributed by atoms with Crippen molar-refractivity contribution in [2.24, 2.45) is 5.73 Å². The van der Waals surface area contributed by atoms with Crippen molar-refractivity contribution in [1.29, 1.82) is 0 Å². The molecule has 2 unspecified atom stereocenters. The van der Waals surface area contributed by atoms with Gasteiger partial charge in [-0.05, 0) is 52.7 Å². The monoisotopic (exact) mass is 356 g/mol. The van der Waals surface area contributed by atoms with Crippen molar-refractivity contribution < 1.29 is 0 Å². The predicted octanol–water partition coefficient (Wildman–Crippen LogP) is 4.68. The Kier molecular flexibility index (Phi) is 5.28. The van der Waals surface area contributed by atoms with E-state index in [0.717, 1.165) is 20.1 Å². The van der Waals surface area contributed by atoms with Crippen molar-refractivity contribution in [2.45, 2.75) is 23.2 Å². The minimum absolute atomic E-state index is 0.00243. The van der Waals surface area contributed by atoms with Crippen LogP contribution in [0.3, 0.4) is 0 Å². The van der Waals surface area contributed by atoms with Gasteiger partial charge in [-0.15, -0.1) is 0 Å². The van der Waals surface area contributed by atoms with Crippen LogP contribution in [0.4, 0.5) is 0 Å². The van der Waals surface area contributed by atoms with Crippen molar-refractivity contribution in [2.75, 3.05) is 0 Å². The lowest BCUT2D eigenvalue weighted by atomic mass is 10.1. The quantitative estimate of drug-likeness (QED) is 0.808. The van der Waals surface area contributed by atoms with Crippen LogP contribution in [0.15, 0.2) is 52.1 Å². The maximum absolute atomic E-state index is 6.11. The molecule has 0 aliphatic heterocycles. The Balaban J connectivity index is 2.29. The van der Waals surface area contributed by atoms with Crippen molar-refractivity contribution in [1.82, 2.24) is 4.98 Å². The maximum Gasteiger partial charge on any atom is 0.111 e. The minimum atomic E-state index is -0.00243. The summed E-state index contributed by atoms with van der Waals surface area (Å²) in [5.41, 5.74) is 7.23. The third kappa shape index (κ3) is 3.96. The third-order valence-electron chi connectivity index (χ3n) is 2.62. The molecule has 0 bridgehead atoms. The van der Waals surface area contributed by atoms with E-state index in [1.165, 1.54) is 0 Å². The molecule has 0 aliphatic rings. The first kappa shape index (κ1) is 14.9. The van der Waals surface area contributed by atoms with Gasteiger partial charge in [-0.1, -0.05) is 35.5 Å². The molecule has 2 nitrogen and oxygen atoms in total. The number of nitrogens with two attached hydrogens (primary N) is 1. The Labute approximate surface area is 130 Å². The van der Waals surface area contributed by atoms with Gasteiger partial charge in [-0.3, -0.25) is 0 Å². The average Bonchev–Trinajstić information content (AvgIpc) is 2.37. The lowest BCUT2D eigenvalue weighted by molar-refractivity contribution is 0.720. The molecular formula is C14H14BrClN2S. The zero-order valence-corrected chi connectivity index (χ0v) is 13.5. The Morgan fingerprint density at radius 2 is 2.11 bits per heavy atom. The number of halogens is 2. The molecule has 5 heteroatoms. The summed E-state index contributed by atoms with van der Waals surface area (Å²) >= 11 is 11.2. The topological polar surface area (TPSA) is 38.9 Å². The van der Waals surface area contributed by atoms with Gasteiger partial charge in [-0.25, -0.2) is 4.98 Å². The summed E-state index contributed by atoms with van der Waals surface area (Å²) in [6, 6.07) is 11.7. The molecule has 1 heterocycles. The van der Waals surface area contributed by atoms with Gasteiger partial charge in [-0.2, -0.15) is 0 Å². The van der Waals surface area contributed by atoms with E-state index in [-0.39, 0.29) is 11.3 Å². The Bertz CT molecular complexity index is 563. The number of benzene rings is 1. The number of nitrogens with zero attached hydrogens (tertiary/aromatic N) is 1. The Morgan fingerprint density at radius 3 is 2.74 bits per heavy atom. The van der Waals surface area contributed by atoms with E-state index in [1.807, 2.05) is 43.3 Å². The molecule has 0 fully saturated rings. The third-order valence-corrected chi connectivity index (χ3v) is 5.26. The highest BCUT2D eigenvalue weighted by atomic mass is 79.9.